The maximum atomic E-state index is 9.22. The summed E-state index contributed by atoms with van der Waals surface area (Å²) in [5.74, 6) is 0. The van der Waals surface area contributed by atoms with Crippen molar-refractivity contribution in [3.63, 3.8) is 0 Å². The summed E-state index contributed by atoms with van der Waals surface area (Å²) < 4.78 is 9.22. The molecule has 0 aromatic rings. The van der Waals surface area contributed by atoms with E-state index in [1.54, 1.807) is 0 Å². The zero-order chi connectivity index (χ0) is 6.50. The first kappa shape index (κ1) is 16.1. The summed E-state index contributed by atoms with van der Waals surface area (Å²) in [4.78, 5) is 16.7. The molecule has 1 atom stereocenters. The van der Waals surface area contributed by atoms with Gasteiger partial charge in [0.05, 0.1) is 0 Å². The van der Waals surface area contributed by atoms with Crippen LogP contribution in [0.25, 0.3) is 0 Å². The van der Waals surface area contributed by atoms with Crippen LogP contribution in [0.3, 0.4) is 0 Å². The Kier molecular flexibility index (Phi) is 16.5. The molecular weight excluding hydrogens is 208 g/mol. The molecular formula is C2H8O4PY-. The fraction of sp³-hybridized carbons (Fsp3) is 1.00. The van der Waals surface area contributed by atoms with Gasteiger partial charge in [-0.25, -0.2) is 0 Å². The van der Waals surface area contributed by atoms with E-state index >= 15 is 0 Å². The van der Waals surface area contributed by atoms with Crippen LogP contribution in [0.15, 0.2) is 0 Å². The summed E-state index contributed by atoms with van der Waals surface area (Å²) in [6, 6.07) is 0. The smallest absolute Gasteiger partial charge is 0.129 e. The van der Waals surface area contributed by atoms with Crippen LogP contribution in [0.1, 0.15) is 0 Å². The molecule has 0 bridgehead atoms. The zero-order valence-electron chi connectivity index (χ0n) is 4.74. The molecule has 4 nitrogen and oxygen atoms in total. The Labute approximate surface area is 73.3 Å². The molecule has 49 valence electrons. The summed E-state index contributed by atoms with van der Waals surface area (Å²) in [7, 11) is -2.89. The average Bonchev–Trinajstić information content (AvgIpc) is 1.36. The second kappa shape index (κ2) is 8.21. The molecule has 1 unspecified atom stereocenters. The van der Waals surface area contributed by atoms with Crippen molar-refractivity contribution < 1.29 is 52.2 Å². The number of hydrogen-bond acceptors (Lipinski definition) is 3. The van der Waals surface area contributed by atoms with Gasteiger partial charge in [0.25, 0.3) is 0 Å². The Bertz CT molecular complexity index is 60.2. The zero-order valence-corrected chi connectivity index (χ0v) is 8.47. The molecule has 1 radical (unpaired) electrons. The normalized spacial score (nSPS) is 14.1. The van der Waals surface area contributed by atoms with Crippen LogP contribution in [0.5, 0.6) is 0 Å². The SMILES string of the molecule is CO.CP(=O)([O-])O.[Y]. The molecule has 0 aliphatic rings. The maximum Gasteiger partial charge on any atom is 0.129 e. The van der Waals surface area contributed by atoms with Gasteiger partial charge in [-0.3, -0.25) is 0 Å². The molecule has 0 fully saturated rings. The van der Waals surface area contributed by atoms with E-state index in [2.05, 4.69) is 0 Å². The second-order valence-corrected chi connectivity index (χ2v) is 2.41. The summed E-state index contributed by atoms with van der Waals surface area (Å²) in [5.41, 5.74) is 0. The van der Waals surface area contributed by atoms with Crippen molar-refractivity contribution in [3.05, 3.63) is 0 Å². The van der Waals surface area contributed by atoms with Crippen molar-refractivity contribution in [1.29, 1.82) is 0 Å². The van der Waals surface area contributed by atoms with E-state index in [4.69, 9.17) is 10.00 Å². The Morgan fingerprint density at radius 2 is 1.50 bits per heavy atom. The van der Waals surface area contributed by atoms with E-state index in [-0.39, 0.29) is 32.7 Å². The number of aliphatic hydroxyl groups is 1. The van der Waals surface area contributed by atoms with Gasteiger partial charge in [-0.1, -0.05) is 0 Å². The van der Waals surface area contributed by atoms with Gasteiger partial charge < -0.3 is 19.5 Å². The van der Waals surface area contributed by atoms with Crippen LogP contribution in [0.4, 0.5) is 0 Å². The summed E-state index contributed by atoms with van der Waals surface area (Å²) in [6.45, 7) is 0.743. The van der Waals surface area contributed by atoms with Crippen LogP contribution in [0, 0.1) is 0 Å². The third-order valence-electron chi connectivity index (χ3n) is 0. The predicted octanol–water partition coefficient (Wildman–Crippen LogP) is -1.23. The molecule has 0 saturated carbocycles. The predicted molar refractivity (Wildman–Crippen MR) is 23.9 cm³/mol. The van der Waals surface area contributed by atoms with Gasteiger partial charge in [-0.15, -0.1) is 0 Å². The second-order valence-electron chi connectivity index (χ2n) is 0.803. The van der Waals surface area contributed by atoms with Gasteiger partial charge in [-0.2, -0.15) is 0 Å². The van der Waals surface area contributed by atoms with Crippen molar-refractivity contribution in [2.24, 2.45) is 0 Å². The first-order valence-electron chi connectivity index (χ1n) is 1.46. The Hall–Kier alpha value is 1.21. The standard InChI is InChI=1S/CH5O3P.CH4O.Y/c1-5(2,3)4;1-2;/h1H3,(H2,2,3,4);2H,1H3;/p-1. The molecule has 0 saturated heterocycles. The van der Waals surface area contributed by atoms with Gasteiger partial charge >= 0.3 is 0 Å². The Morgan fingerprint density at radius 3 is 1.50 bits per heavy atom. The molecule has 0 aliphatic heterocycles. The first-order valence-corrected chi connectivity index (χ1v) is 3.48. The number of rotatable bonds is 0. The third-order valence-corrected chi connectivity index (χ3v) is 0. The van der Waals surface area contributed by atoms with E-state index in [1.165, 1.54) is 0 Å². The fourth-order valence-corrected chi connectivity index (χ4v) is 0. The van der Waals surface area contributed by atoms with E-state index in [9.17, 15) is 9.46 Å². The van der Waals surface area contributed by atoms with Crippen molar-refractivity contribution >= 4 is 7.60 Å². The number of hydrogen-bond donors (Lipinski definition) is 2. The molecule has 0 heterocycles. The molecule has 0 amide bonds. The van der Waals surface area contributed by atoms with Crippen LogP contribution >= 0.6 is 7.60 Å². The van der Waals surface area contributed by atoms with Crippen LogP contribution in [0.2, 0.25) is 0 Å². The van der Waals surface area contributed by atoms with Crippen molar-refractivity contribution in [2.75, 3.05) is 13.8 Å². The van der Waals surface area contributed by atoms with Crippen molar-refractivity contribution in [2.45, 2.75) is 0 Å². The van der Waals surface area contributed by atoms with Gasteiger partial charge in [0.15, 0.2) is 0 Å². The molecule has 0 aromatic carbocycles. The molecule has 6 heteroatoms. The largest absolute Gasteiger partial charge is 0.779 e. The molecule has 2 N–H and O–H groups in total. The monoisotopic (exact) mass is 216 g/mol. The van der Waals surface area contributed by atoms with Gasteiger partial charge in [0.1, 0.15) is 7.60 Å². The Morgan fingerprint density at radius 1 is 1.50 bits per heavy atom. The van der Waals surface area contributed by atoms with Crippen LogP contribution in [-0.4, -0.2) is 23.8 Å². The summed E-state index contributed by atoms with van der Waals surface area (Å²) >= 11 is 0. The average molecular weight is 216 g/mol. The summed E-state index contributed by atoms with van der Waals surface area (Å²) in [5, 5.41) is 7.00. The minimum Gasteiger partial charge on any atom is -0.779 e. The molecule has 0 aliphatic carbocycles. The maximum absolute atomic E-state index is 9.22. The topological polar surface area (TPSA) is 80.6 Å². The van der Waals surface area contributed by atoms with E-state index in [1.807, 2.05) is 0 Å². The minimum absolute atomic E-state index is 0. The first-order chi connectivity index (χ1) is 3.00. The molecule has 8 heavy (non-hydrogen) atoms. The number of aliphatic hydroxyl groups excluding tert-OH is 1. The molecule has 0 rings (SSSR count). The van der Waals surface area contributed by atoms with Crippen LogP contribution in [-0.2, 0) is 37.3 Å². The van der Waals surface area contributed by atoms with Crippen molar-refractivity contribution in [3.8, 4) is 0 Å². The van der Waals surface area contributed by atoms with Gasteiger partial charge in [0.2, 0.25) is 0 Å². The van der Waals surface area contributed by atoms with E-state index in [0.29, 0.717) is 0 Å². The van der Waals surface area contributed by atoms with E-state index in [0.717, 1.165) is 13.8 Å². The van der Waals surface area contributed by atoms with E-state index < -0.39 is 7.60 Å². The van der Waals surface area contributed by atoms with Crippen LogP contribution < -0.4 is 4.89 Å². The molecule has 0 aromatic heterocycles. The van der Waals surface area contributed by atoms with Crippen molar-refractivity contribution in [1.82, 2.24) is 0 Å². The van der Waals surface area contributed by atoms with Gasteiger partial charge in [-0.05, 0) is 0 Å². The van der Waals surface area contributed by atoms with Gasteiger partial charge in [0, 0.05) is 46.5 Å². The molecule has 0 spiro atoms. The summed E-state index contributed by atoms with van der Waals surface area (Å²) in [6.07, 6.45) is 0. The fourth-order valence-electron chi connectivity index (χ4n) is 0. The quantitative estimate of drug-likeness (QED) is 0.496. The minimum atomic E-state index is -3.89. The third kappa shape index (κ3) is 189. The Balaban J connectivity index is -0.0000000750.